The molecular formula is C14H28N2O2S. The number of nitrogens with one attached hydrogen (secondary N) is 2. The van der Waals surface area contributed by atoms with Gasteiger partial charge in [0.1, 0.15) is 0 Å². The number of carbonyl (C=O) groups is 1. The number of hydrogen-bond donors (Lipinski definition) is 3. The molecular weight excluding hydrogens is 260 g/mol. The Labute approximate surface area is 121 Å². The first-order valence-corrected chi connectivity index (χ1v) is 8.52. The zero-order chi connectivity index (χ0) is 14.0. The predicted octanol–water partition coefficient (Wildman–Crippen LogP) is 1.53. The molecule has 1 fully saturated rings. The lowest BCUT2D eigenvalue weighted by atomic mass is 9.79. The molecule has 1 aliphatic carbocycles. The molecule has 3 N–H and O–H groups in total. The van der Waals surface area contributed by atoms with Gasteiger partial charge < -0.3 is 15.7 Å². The van der Waals surface area contributed by atoms with Gasteiger partial charge in [0.15, 0.2) is 0 Å². The minimum atomic E-state index is 0.0341. The molecule has 0 radical (unpaired) electrons. The van der Waals surface area contributed by atoms with Gasteiger partial charge in [-0.15, -0.1) is 0 Å². The predicted molar refractivity (Wildman–Crippen MR) is 81.5 cm³/mol. The Morgan fingerprint density at radius 3 is 2.63 bits per heavy atom. The average molecular weight is 288 g/mol. The molecule has 0 saturated heterocycles. The molecule has 0 aromatic rings. The third kappa shape index (κ3) is 6.63. The normalized spacial score (nSPS) is 18.2. The highest BCUT2D eigenvalue weighted by atomic mass is 32.2. The summed E-state index contributed by atoms with van der Waals surface area (Å²) in [5.41, 5.74) is 0.0341. The van der Waals surface area contributed by atoms with E-state index in [1.165, 1.54) is 19.3 Å². The SMILES string of the molecule is CNC1(CC(=O)NCCSCCCO)CCCCC1. The Hall–Kier alpha value is -0.260. The molecule has 5 heteroatoms. The van der Waals surface area contributed by atoms with Gasteiger partial charge in [0, 0.05) is 30.9 Å². The summed E-state index contributed by atoms with van der Waals surface area (Å²) in [6.07, 6.45) is 7.42. The van der Waals surface area contributed by atoms with Crippen LogP contribution in [0.5, 0.6) is 0 Å². The van der Waals surface area contributed by atoms with E-state index in [1.54, 1.807) is 11.8 Å². The van der Waals surface area contributed by atoms with E-state index < -0.39 is 0 Å². The van der Waals surface area contributed by atoms with Gasteiger partial charge in [-0.3, -0.25) is 4.79 Å². The Kier molecular flexibility index (Phi) is 8.50. The van der Waals surface area contributed by atoms with Crippen molar-refractivity contribution in [2.24, 2.45) is 0 Å². The standard InChI is InChI=1S/C14H28N2O2S/c1-15-14(6-3-2-4-7-14)12-13(18)16-8-11-19-10-5-9-17/h15,17H,2-12H2,1H3,(H,16,18). The van der Waals surface area contributed by atoms with Gasteiger partial charge >= 0.3 is 0 Å². The van der Waals surface area contributed by atoms with E-state index in [0.717, 1.165) is 37.3 Å². The number of carbonyl (C=O) groups excluding carboxylic acids is 1. The lowest BCUT2D eigenvalue weighted by Crippen LogP contribution is -2.48. The quantitative estimate of drug-likeness (QED) is 0.563. The van der Waals surface area contributed by atoms with Crippen LogP contribution in [0, 0.1) is 0 Å². The van der Waals surface area contributed by atoms with Crippen LogP contribution in [0.2, 0.25) is 0 Å². The van der Waals surface area contributed by atoms with Crippen LogP contribution in [0.3, 0.4) is 0 Å². The van der Waals surface area contributed by atoms with Crippen molar-refractivity contribution in [1.29, 1.82) is 0 Å². The van der Waals surface area contributed by atoms with Crippen molar-refractivity contribution in [2.75, 3.05) is 31.7 Å². The second-order valence-electron chi connectivity index (χ2n) is 5.31. The lowest BCUT2D eigenvalue weighted by Gasteiger charge is -2.36. The van der Waals surface area contributed by atoms with E-state index in [0.29, 0.717) is 6.42 Å². The first-order chi connectivity index (χ1) is 9.22. The molecule has 19 heavy (non-hydrogen) atoms. The molecule has 0 heterocycles. The summed E-state index contributed by atoms with van der Waals surface area (Å²) in [6, 6.07) is 0. The van der Waals surface area contributed by atoms with Gasteiger partial charge in [-0.25, -0.2) is 0 Å². The van der Waals surface area contributed by atoms with Crippen LogP contribution in [0.15, 0.2) is 0 Å². The molecule has 0 unspecified atom stereocenters. The maximum absolute atomic E-state index is 12.0. The van der Waals surface area contributed by atoms with Crippen LogP contribution >= 0.6 is 11.8 Å². The summed E-state index contributed by atoms with van der Waals surface area (Å²) < 4.78 is 0. The molecule has 0 spiro atoms. The van der Waals surface area contributed by atoms with Crippen molar-refractivity contribution in [1.82, 2.24) is 10.6 Å². The molecule has 1 saturated carbocycles. The molecule has 1 rings (SSSR count). The van der Waals surface area contributed by atoms with E-state index in [9.17, 15) is 4.79 Å². The van der Waals surface area contributed by atoms with Crippen molar-refractivity contribution in [2.45, 2.75) is 50.5 Å². The number of thioether (sulfide) groups is 1. The van der Waals surface area contributed by atoms with Gasteiger partial charge in [0.05, 0.1) is 0 Å². The second-order valence-corrected chi connectivity index (χ2v) is 6.53. The van der Waals surface area contributed by atoms with Crippen LogP contribution in [-0.2, 0) is 4.79 Å². The molecule has 1 amide bonds. The van der Waals surface area contributed by atoms with Gasteiger partial charge in [-0.1, -0.05) is 19.3 Å². The monoisotopic (exact) mass is 288 g/mol. The minimum Gasteiger partial charge on any atom is -0.396 e. The highest BCUT2D eigenvalue weighted by molar-refractivity contribution is 7.99. The zero-order valence-corrected chi connectivity index (χ0v) is 12.9. The smallest absolute Gasteiger partial charge is 0.221 e. The van der Waals surface area contributed by atoms with E-state index in [2.05, 4.69) is 10.6 Å². The minimum absolute atomic E-state index is 0.0341. The molecule has 0 bridgehead atoms. The summed E-state index contributed by atoms with van der Waals surface area (Å²) in [4.78, 5) is 12.0. The van der Waals surface area contributed by atoms with Crippen molar-refractivity contribution < 1.29 is 9.90 Å². The first-order valence-electron chi connectivity index (χ1n) is 7.37. The average Bonchev–Trinajstić information content (AvgIpc) is 2.43. The second kappa shape index (κ2) is 9.61. The summed E-state index contributed by atoms with van der Waals surface area (Å²) in [5.74, 6) is 2.06. The van der Waals surface area contributed by atoms with Gasteiger partial charge in [0.25, 0.3) is 0 Å². The van der Waals surface area contributed by atoms with Gasteiger partial charge in [-0.05, 0) is 32.1 Å². The Morgan fingerprint density at radius 2 is 2.00 bits per heavy atom. The third-order valence-electron chi connectivity index (χ3n) is 3.86. The fraction of sp³-hybridized carbons (Fsp3) is 0.929. The van der Waals surface area contributed by atoms with Crippen LogP contribution in [0.25, 0.3) is 0 Å². The van der Waals surface area contributed by atoms with Crippen molar-refractivity contribution in [3.8, 4) is 0 Å². The van der Waals surface area contributed by atoms with E-state index >= 15 is 0 Å². The summed E-state index contributed by atoms with van der Waals surface area (Å²) in [5, 5.41) is 15.0. The summed E-state index contributed by atoms with van der Waals surface area (Å²) in [6.45, 7) is 0.985. The number of aliphatic hydroxyl groups excluding tert-OH is 1. The first kappa shape index (κ1) is 16.8. The number of rotatable bonds is 9. The molecule has 1 aliphatic rings. The van der Waals surface area contributed by atoms with E-state index in [4.69, 9.17) is 5.11 Å². The van der Waals surface area contributed by atoms with Crippen LogP contribution < -0.4 is 10.6 Å². The highest BCUT2D eigenvalue weighted by Gasteiger charge is 2.32. The van der Waals surface area contributed by atoms with E-state index in [-0.39, 0.29) is 18.1 Å². The largest absolute Gasteiger partial charge is 0.396 e. The van der Waals surface area contributed by atoms with Crippen LogP contribution in [-0.4, -0.2) is 48.3 Å². The van der Waals surface area contributed by atoms with E-state index in [1.807, 2.05) is 7.05 Å². The molecule has 112 valence electrons. The summed E-state index contributed by atoms with van der Waals surface area (Å²) in [7, 11) is 1.98. The molecule has 0 aromatic heterocycles. The fourth-order valence-electron chi connectivity index (χ4n) is 2.64. The molecule has 4 nitrogen and oxygen atoms in total. The van der Waals surface area contributed by atoms with Gasteiger partial charge in [-0.2, -0.15) is 11.8 Å². The van der Waals surface area contributed by atoms with Crippen molar-refractivity contribution >= 4 is 17.7 Å². The topological polar surface area (TPSA) is 61.4 Å². The van der Waals surface area contributed by atoms with Crippen LogP contribution in [0.1, 0.15) is 44.9 Å². The van der Waals surface area contributed by atoms with Crippen molar-refractivity contribution in [3.63, 3.8) is 0 Å². The number of aliphatic hydroxyl groups is 1. The maximum Gasteiger partial charge on any atom is 0.221 e. The Morgan fingerprint density at radius 1 is 1.26 bits per heavy atom. The number of amides is 1. The maximum atomic E-state index is 12.0. The van der Waals surface area contributed by atoms with Crippen molar-refractivity contribution in [3.05, 3.63) is 0 Å². The number of hydrogen-bond acceptors (Lipinski definition) is 4. The fourth-order valence-corrected chi connectivity index (χ4v) is 3.43. The van der Waals surface area contributed by atoms with Gasteiger partial charge in [0.2, 0.25) is 5.91 Å². The summed E-state index contributed by atoms with van der Waals surface area (Å²) >= 11 is 1.78. The Bertz CT molecular complexity index is 256. The highest BCUT2D eigenvalue weighted by Crippen LogP contribution is 2.30. The van der Waals surface area contributed by atoms with Crippen LogP contribution in [0.4, 0.5) is 0 Å². The third-order valence-corrected chi connectivity index (χ3v) is 4.93. The lowest BCUT2D eigenvalue weighted by molar-refractivity contribution is -0.122. The molecule has 0 aromatic carbocycles. The Balaban J connectivity index is 2.15. The molecule has 0 aliphatic heterocycles. The zero-order valence-electron chi connectivity index (χ0n) is 12.0. The molecule has 0 atom stereocenters.